The Labute approximate surface area is 160 Å². The van der Waals surface area contributed by atoms with Crippen LogP contribution in [0.15, 0.2) is 18.2 Å². The van der Waals surface area contributed by atoms with Gasteiger partial charge in [0.15, 0.2) is 0 Å². The van der Waals surface area contributed by atoms with Gasteiger partial charge in [0.05, 0.1) is 6.54 Å². The standard InChI is InChI=1S/C20H29N3O4/c1-14-6-7-16(12-15(14)2)18(25)21-13-17(24)22-8-10-23(11-9-22)19(26)27-20(3,4)5/h6-7,12H,8-11,13H2,1-5H3,(H,21,25). The average Bonchev–Trinajstić information content (AvgIpc) is 2.60. The fourth-order valence-electron chi connectivity index (χ4n) is 2.72. The van der Waals surface area contributed by atoms with E-state index >= 15 is 0 Å². The van der Waals surface area contributed by atoms with Gasteiger partial charge in [0.1, 0.15) is 5.60 Å². The number of nitrogens with one attached hydrogen (secondary N) is 1. The van der Waals surface area contributed by atoms with Crippen LogP contribution in [-0.2, 0) is 9.53 Å². The van der Waals surface area contributed by atoms with Gasteiger partial charge < -0.3 is 19.9 Å². The van der Waals surface area contributed by atoms with E-state index in [1.54, 1.807) is 15.9 Å². The molecule has 1 fully saturated rings. The van der Waals surface area contributed by atoms with Crippen LogP contribution in [0.25, 0.3) is 0 Å². The smallest absolute Gasteiger partial charge is 0.410 e. The van der Waals surface area contributed by atoms with E-state index in [1.165, 1.54) is 0 Å². The Hall–Kier alpha value is -2.57. The summed E-state index contributed by atoms with van der Waals surface area (Å²) >= 11 is 0. The van der Waals surface area contributed by atoms with Gasteiger partial charge in [-0.05, 0) is 57.9 Å². The second-order valence-electron chi connectivity index (χ2n) is 7.83. The van der Waals surface area contributed by atoms with Crippen molar-refractivity contribution in [3.8, 4) is 0 Å². The Morgan fingerprint density at radius 3 is 2.15 bits per heavy atom. The zero-order valence-electron chi connectivity index (χ0n) is 16.8. The first-order valence-electron chi connectivity index (χ1n) is 9.18. The summed E-state index contributed by atoms with van der Waals surface area (Å²) in [7, 11) is 0. The molecule has 1 saturated heterocycles. The highest BCUT2D eigenvalue weighted by atomic mass is 16.6. The molecule has 0 unspecified atom stereocenters. The molecule has 0 bridgehead atoms. The molecule has 7 heteroatoms. The van der Waals surface area contributed by atoms with Crippen molar-refractivity contribution in [3.63, 3.8) is 0 Å². The van der Waals surface area contributed by atoms with Crippen molar-refractivity contribution in [1.82, 2.24) is 15.1 Å². The fourth-order valence-corrected chi connectivity index (χ4v) is 2.72. The number of rotatable bonds is 3. The van der Waals surface area contributed by atoms with Gasteiger partial charge in [-0.25, -0.2) is 4.79 Å². The predicted molar refractivity (Wildman–Crippen MR) is 103 cm³/mol. The number of benzene rings is 1. The van der Waals surface area contributed by atoms with Crippen molar-refractivity contribution >= 4 is 17.9 Å². The number of aryl methyl sites for hydroxylation is 2. The summed E-state index contributed by atoms with van der Waals surface area (Å²) in [5.74, 6) is -0.421. The van der Waals surface area contributed by atoms with Gasteiger partial charge in [-0.1, -0.05) is 6.07 Å². The van der Waals surface area contributed by atoms with Crippen LogP contribution in [0.5, 0.6) is 0 Å². The number of carbonyl (C=O) groups excluding carboxylic acids is 3. The van der Waals surface area contributed by atoms with Gasteiger partial charge in [-0.3, -0.25) is 9.59 Å². The normalized spacial score (nSPS) is 14.7. The molecule has 1 N–H and O–H groups in total. The van der Waals surface area contributed by atoms with Gasteiger partial charge in [-0.2, -0.15) is 0 Å². The lowest BCUT2D eigenvalue weighted by Crippen LogP contribution is -2.53. The number of hydrogen-bond acceptors (Lipinski definition) is 4. The number of nitrogens with zero attached hydrogens (tertiary/aromatic N) is 2. The highest BCUT2D eigenvalue weighted by Crippen LogP contribution is 2.12. The summed E-state index contributed by atoms with van der Waals surface area (Å²) in [5, 5.41) is 2.67. The number of piperazine rings is 1. The lowest BCUT2D eigenvalue weighted by Gasteiger charge is -2.35. The third-order valence-electron chi connectivity index (χ3n) is 4.45. The quantitative estimate of drug-likeness (QED) is 0.878. The molecule has 2 rings (SSSR count). The Morgan fingerprint density at radius 2 is 1.59 bits per heavy atom. The molecule has 0 aromatic heterocycles. The van der Waals surface area contributed by atoms with E-state index in [1.807, 2.05) is 46.8 Å². The maximum Gasteiger partial charge on any atom is 0.410 e. The summed E-state index contributed by atoms with van der Waals surface area (Å²) in [5.41, 5.74) is 2.15. The first-order valence-corrected chi connectivity index (χ1v) is 9.18. The van der Waals surface area contributed by atoms with Gasteiger partial charge >= 0.3 is 6.09 Å². The summed E-state index contributed by atoms with van der Waals surface area (Å²) < 4.78 is 5.35. The van der Waals surface area contributed by atoms with Gasteiger partial charge in [0.2, 0.25) is 5.91 Å². The summed E-state index contributed by atoms with van der Waals surface area (Å²) in [6, 6.07) is 5.46. The molecule has 148 valence electrons. The zero-order chi connectivity index (χ0) is 20.2. The molecule has 1 aliphatic heterocycles. The second kappa shape index (κ2) is 8.41. The Bertz CT molecular complexity index is 716. The van der Waals surface area contributed by atoms with Crippen molar-refractivity contribution in [2.24, 2.45) is 0 Å². The van der Waals surface area contributed by atoms with E-state index in [2.05, 4.69) is 5.32 Å². The van der Waals surface area contributed by atoms with Crippen molar-refractivity contribution in [2.75, 3.05) is 32.7 Å². The van der Waals surface area contributed by atoms with E-state index in [4.69, 9.17) is 4.74 Å². The molecule has 0 spiro atoms. The summed E-state index contributed by atoms with van der Waals surface area (Å²) in [6.07, 6.45) is -0.363. The molecule has 27 heavy (non-hydrogen) atoms. The van der Waals surface area contributed by atoms with Crippen molar-refractivity contribution in [2.45, 2.75) is 40.2 Å². The lowest BCUT2D eigenvalue weighted by atomic mass is 10.1. The fraction of sp³-hybridized carbons (Fsp3) is 0.550. The molecule has 0 aliphatic carbocycles. The number of carbonyl (C=O) groups is 3. The highest BCUT2D eigenvalue weighted by molar-refractivity contribution is 5.96. The Kier molecular flexibility index (Phi) is 6.46. The molecule has 0 atom stereocenters. The topological polar surface area (TPSA) is 79.0 Å². The monoisotopic (exact) mass is 375 g/mol. The van der Waals surface area contributed by atoms with Crippen LogP contribution in [0.4, 0.5) is 4.79 Å². The van der Waals surface area contributed by atoms with E-state index in [9.17, 15) is 14.4 Å². The zero-order valence-corrected chi connectivity index (χ0v) is 16.8. The van der Waals surface area contributed by atoms with Crippen molar-refractivity contribution in [3.05, 3.63) is 34.9 Å². The molecule has 1 aliphatic rings. The molecular weight excluding hydrogens is 346 g/mol. The first kappa shape index (κ1) is 20.7. The van der Waals surface area contributed by atoms with Crippen LogP contribution in [0, 0.1) is 13.8 Å². The SMILES string of the molecule is Cc1ccc(C(=O)NCC(=O)N2CCN(C(=O)OC(C)(C)C)CC2)cc1C. The van der Waals surface area contributed by atoms with Crippen LogP contribution >= 0.6 is 0 Å². The van der Waals surface area contributed by atoms with Gasteiger partial charge in [0.25, 0.3) is 5.91 Å². The molecule has 3 amide bonds. The van der Waals surface area contributed by atoms with Crippen LogP contribution in [-0.4, -0.2) is 66.0 Å². The van der Waals surface area contributed by atoms with E-state index < -0.39 is 5.60 Å². The van der Waals surface area contributed by atoms with Crippen LogP contribution in [0.1, 0.15) is 42.3 Å². The molecular formula is C20H29N3O4. The van der Waals surface area contributed by atoms with Crippen molar-refractivity contribution < 1.29 is 19.1 Å². The van der Waals surface area contributed by atoms with E-state index in [0.717, 1.165) is 11.1 Å². The largest absolute Gasteiger partial charge is 0.444 e. The highest BCUT2D eigenvalue weighted by Gasteiger charge is 2.27. The number of hydrogen-bond donors (Lipinski definition) is 1. The maximum absolute atomic E-state index is 12.3. The van der Waals surface area contributed by atoms with Crippen LogP contribution in [0.3, 0.4) is 0 Å². The predicted octanol–water partition coefficient (Wildman–Crippen LogP) is 2.11. The number of amides is 3. The van der Waals surface area contributed by atoms with E-state index in [-0.39, 0.29) is 24.5 Å². The third kappa shape index (κ3) is 5.98. The molecule has 0 radical (unpaired) electrons. The number of ether oxygens (including phenoxy) is 1. The molecule has 1 aromatic carbocycles. The molecule has 0 saturated carbocycles. The van der Waals surface area contributed by atoms with Crippen LogP contribution in [0.2, 0.25) is 0 Å². The first-order chi connectivity index (χ1) is 12.6. The average molecular weight is 375 g/mol. The Morgan fingerprint density at radius 1 is 1.00 bits per heavy atom. The Balaban J connectivity index is 1.80. The molecule has 7 nitrogen and oxygen atoms in total. The lowest BCUT2D eigenvalue weighted by molar-refractivity contribution is -0.131. The molecule has 1 heterocycles. The maximum atomic E-state index is 12.3. The minimum atomic E-state index is -0.539. The molecule has 1 aromatic rings. The summed E-state index contributed by atoms with van der Waals surface area (Å²) in [6.45, 7) is 11.0. The summed E-state index contributed by atoms with van der Waals surface area (Å²) in [4.78, 5) is 39.9. The van der Waals surface area contributed by atoms with Crippen molar-refractivity contribution in [1.29, 1.82) is 0 Å². The second-order valence-corrected chi connectivity index (χ2v) is 7.83. The van der Waals surface area contributed by atoms with Crippen LogP contribution < -0.4 is 5.32 Å². The minimum Gasteiger partial charge on any atom is -0.444 e. The third-order valence-corrected chi connectivity index (χ3v) is 4.45. The van der Waals surface area contributed by atoms with Gasteiger partial charge in [0, 0.05) is 31.7 Å². The van der Waals surface area contributed by atoms with E-state index in [0.29, 0.717) is 31.7 Å². The minimum absolute atomic E-state index is 0.0573. The van der Waals surface area contributed by atoms with Gasteiger partial charge in [-0.15, -0.1) is 0 Å².